The Kier molecular flexibility index (Phi) is 4.05. The lowest BCUT2D eigenvalue weighted by atomic mass is 10.0. The molecule has 0 spiro atoms. The summed E-state index contributed by atoms with van der Waals surface area (Å²) in [4.78, 5) is 4.26. The Morgan fingerprint density at radius 2 is 2.32 bits per heavy atom. The zero-order valence-corrected chi connectivity index (χ0v) is 11.1. The highest BCUT2D eigenvalue weighted by Crippen LogP contribution is 2.35. The first-order valence-corrected chi connectivity index (χ1v) is 6.21. The van der Waals surface area contributed by atoms with Crippen LogP contribution in [0, 0.1) is 18.8 Å². The van der Waals surface area contributed by atoms with Gasteiger partial charge in [0.05, 0.1) is 24.4 Å². The Morgan fingerprint density at radius 3 is 2.89 bits per heavy atom. The van der Waals surface area contributed by atoms with Gasteiger partial charge in [0, 0.05) is 17.7 Å². The van der Waals surface area contributed by atoms with Crippen molar-refractivity contribution >= 4 is 5.82 Å². The summed E-state index contributed by atoms with van der Waals surface area (Å²) in [5.74, 6) is 6.09. The molecule has 0 amide bonds. The second kappa shape index (κ2) is 5.57. The lowest BCUT2D eigenvalue weighted by Crippen LogP contribution is -2.24. The first kappa shape index (κ1) is 13.8. The van der Waals surface area contributed by atoms with E-state index in [1.807, 2.05) is 13.0 Å². The number of nitrogens with zero attached hydrogens (tertiary/aromatic N) is 1. The summed E-state index contributed by atoms with van der Waals surface area (Å²) in [5.41, 5.74) is 8.09. The molecular weight excluding hydrogens is 244 g/mol. The third kappa shape index (κ3) is 2.71. The monoisotopic (exact) mass is 262 g/mol. The minimum Gasteiger partial charge on any atom is -0.394 e. The average molecular weight is 262 g/mol. The van der Waals surface area contributed by atoms with Crippen molar-refractivity contribution in [3.63, 3.8) is 0 Å². The van der Waals surface area contributed by atoms with Crippen LogP contribution in [0.25, 0.3) is 0 Å². The van der Waals surface area contributed by atoms with Crippen molar-refractivity contribution in [2.45, 2.75) is 38.6 Å². The quantitative estimate of drug-likeness (QED) is 0.676. The van der Waals surface area contributed by atoms with Crippen molar-refractivity contribution in [3.8, 4) is 11.8 Å². The standard InChI is InChI=1S/C14H18N2O3/c1-3-4-9-5-10(8(2)16-14(9)15)12-6-11(18)13(7-17)19-12/h5,11-13,17-18H,6-7H2,1-2H3,(H2,15,16)/t11-,12+,13+/m0/s1. The number of hydrogen-bond donors (Lipinski definition) is 3. The number of aromatic nitrogens is 1. The highest BCUT2D eigenvalue weighted by molar-refractivity contribution is 5.53. The van der Waals surface area contributed by atoms with Crippen molar-refractivity contribution < 1.29 is 14.9 Å². The maximum Gasteiger partial charge on any atom is 0.139 e. The van der Waals surface area contributed by atoms with Crippen LogP contribution in [0.2, 0.25) is 0 Å². The van der Waals surface area contributed by atoms with Gasteiger partial charge in [0.15, 0.2) is 0 Å². The van der Waals surface area contributed by atoms with Gasteiger partial charge in [-0.05, 0) is 19.9 Å². The van der Waals surface area contributed by atoms with Crippen LogP contribution >= 0.6 is 0 Å². The van der Waals surface area contributed by atoms with Gasteiger partial charge in [0.25, 0.3) is 0 Å². The molecule has 2 heterocycles. The molecular formula is C14H18N2O3. The highest BCUT2D eigenvalue weighted by atomic mass is 16.5. The number of anilines is 1. The molecule has 0 saturated carbocycles. The molecule has 0 aromatic carbocycles. The lowest BCUT2D eigenvalue weighted by Gasteiger charge is -2.15. The fraction of sp³-hybridized carbons (Fsp3) is 0.500. The van der Waals surface area contributed by atoms with Gasteiger partial charge < -0.3 is 20.7 Å². The summed E-state index contributed by atoms with van der Waals surface area (Å²) < 4.78 is 5.63. The molecule has 0 bridgehead atoms. The zero-order chi connectivity index (χ0) is 14.0. The number of aliphatic hydroxyl groups excluding tert-OH is 2. The van der Waals surface area contributed by atoms with Crippen molar-refractivity contribution in [2.24, 2.45) is 0 Å². The van der Waals surface area contributed by atoms with Crippen molar-refractivity contribution in [1.82, 2.24) is 4.98 Å². The molecule has 3 atom stereocenters. The van der Waals surface area contributed by atoms with E-state index in [4.69, 9.17) is 15.6 Å². The molecule has 1 aliphatic rings. The number of pyridine rings is 1. The van der Waals surface area contributed by atoms with Crippen LogP contribution in [-0.2, 0) is 4.74 Å². The molecule has 0 aliphatic carbocycles. The number of nitrogens with two attached hydrogens (primary N) is 1. The zero-order valence-electron chi connectivity index (χ0n) is 11.1. The van der Waals surface area contributed by atoms with Gasteiger partial charge in [-0.15, -0.1) is 5.92 Å². The number of hydrogen-bond acceptors (Lipinski definition) is 5. The Morgan fingerprint density at radius 1 is 1.58 bits per heavy atom. The number of nitrogen functional groups attached to an aromatic ring is 1. The molecule has 0 radical (unpaired) electrons. The molecule has 0 unspecified atom stereocenters. The third-order valence-electron chi connectivity index (χ3n) is 3.29. The summed E-state index contributed by atoms with van der Waals surface area (Å²) in [5, 5.41) is 18.9. The van der Waals surface area contributed by atoms with E-state index in [-0.39, 0.29) is 12.7 Å². The molecule has 102 valence electrons. The highest BCUT2D eigenvalue weighted by Gasteiger charge is 2.35. The van der Waals surface area contributed by atoms with Gasteiger partial charge in [-0.25, -0.2) is 4.98 Å². The van der Waals surface area contributed by atoms with Gasteiger partial charge in [0.1, 0.15) is 11.9 Å². The summed E-state index contributed by atoms with van der Waals surface area (Å²) in [6.45, 7) is 3.38. The molecule has 1 aliphatic heterocycles. The van der Waals surface area contributed by atoms with Crippen LogP contribution in [0.1, 0.15) is 36.3 Å². The van der Waals surface area contributed by atoms with Crippen molar-refractivity contribution in [1.29, 1.82) is 0 Å². The van der Waals surface area contributed by atoms with Gasteiger partial charge in [-0.2, -0.15) is 0 Å². The number of aliphatic hydroxyl groups is 2. The molecule has 1 aromatic rings. The number of aryl methyl sites for hydroxylation is 1. The van der Waals surface area contributed by atoms with E-state index in [0.717, 1.165) is 11.3 Å². The fourth-order valence-corrected chi connectivity index (χ4v) is 2.29. The van der Waals surface area contributed by atoms with Crippen LogP contribution in [0.4, 0.5) is 5.82 Å². The Labute approximate surface area is 112 Å². The van der Waals surface area contributed by atoms with Crippen LogP contribution in [-0.4, -0.2) is 34.0 Å². The first-order valence-electron chi connectivity index (χ1n) is 6.21. The Balaban J connectivity index is 2.34. The van der Waals surface area contributed by atoms with Crippen LogP contribution in [0.15, 0.2) is 6.07 Å². The lowest BCUT2D eigenvalue weighted by molar-refractivity contribution is -0.0227. The molecule has 1 saturated heterocycles. The summed E-state index contributed by atoms with van der Waals surface area (Å²) in [6.07, 6.45) is -1.04. The van der Waals surface area contributed by atoms with Gasteiger partial charge in [0.2, 0.25) is 0 Å². The van der Waals surface area contributed by atoms with E-state index in [1.54, 1.807) is 6.92 Å². The first-order chi connectivity index (χ1) is 9.06. The molecule has 5 heteroatoms. The van der Waals surface area contributed by atoms with Gasteiger partial charge in [-0.1, -0.05) is 5.92 Å². The molecule has 5 nitrogen and oxygen atoms in total. The topological polar surface area (TPSA) is 88.6 Å². The minimum absolute atomic E-state index is 0.194. The van der Waals surface area contributed by atoms with E-state index in [2.05, 4.69) is 16.8 Å². The SMILES string of the molecule is CC#Cc1cc([C@H]2C[C@H](O)[C@@H](CO)O2)c(C)nc1N. The van der Waals surface area contributed by atoms with Crippen molar-refractivity contribution in [3.05, 3.63) is 22.9 Å². The summed E-state index contributed by atoms with van der Waals surface area (Å²) >= 11 is 0. The molecule has 19 heavy (non-hydrogen) atoms. The molecule has 4 N–H and O–H groups in total. The normalized spacial score (nSPS) is 26.0. The third-order valence-corrected chi connectivity index (χ3v) is 3.29. The maximum absolute atomic E-state index is 9.78. The average Bonchev–Trinajstić information content (AvgIpc) is 2.74. The Bertz CT molecular complexity index is 533. The van der Waals surface area contributed by atoms with Crippen LogP contribution in [0.5, 0.6) is 0 Å². The maximum atomic E-state index is 9.78. The van der Waals surface area contributed by atoms with Gasteiger partial charge in [-0.3, -0.25) is 0 Å². The van der Waals surface area contributed by atoms with E-state index in [1.165, 1.54) is 0 Å². The predicted molar refractivity (Wildman–Crippen MR) is 71.3 cm³/mol. The molecule has 1 fully saturated rings. The van der Waals surface area contributed by atoms with E-state index < -0.39 is 12.2 Å². The Hall–Kier alpha value is -1.61. The predicted octanol–water partition coefficient (Wildman–Crippen LogP) is 0.527. The van der Waals surface area contributed by atoms with Crippen molar-refractivity contribution in [2.75, 3.05) is 12.3 Å². The number of ether oxygens (including phenoxy) is 1. The summed E-state index contributed by atoms with van der Waals surface area (Å²) in [6, 6.07) is 1.85. The van der Waals surface area contributed by atoms with E-state index in [0.29, 0.717) is 17.8 Å². The van der Waals surface area contributed by atoms with Gasteiger partial charge >= 0.3 is 0 Å². The number of rotatable bonds is 2. The second-order valence-electron chi connectivity index (χ2n) is 4.62. The largest absolute Gasteiger partial charge is 0.394 e. The fourth-order valence-electron chi connectivity index (χ4n) is 2.29. The second-order valence-corrected chi connectivity index (χ2v) is 4.62. The minimum atomic E-state index is -0.660. The van der Waals surface area contributed by atoms with E-state index >= 15 is 0 Å². The van der Waals surface area contributed by atoms with Crippen LogP contribution in [0.3, 0.4) is 0 Å². The molecule has 1 aromatic heterocycles. The van der Waals surface area contributed by atoms with E-state index in [9.17, 15) is 5.11 Å². The smallest absolute Gasteiger partial charge is 0.139 e. The molecule has 2 rings (SSSR count). The summed E-state index contributed by atoms with van der Waals surface area (Å²) in [7, 11) is 0. The van der Waals surface area contributed by atoms with Crippen LogP contribution < -0.4 is 5.73 Å².